The van der Waals surface area contributed by atoms with E-state index in [-0.39, 0.29) is 5.97 Å². The maximum absolute atomic E-state index is 11.1. The van der Waals surface area contributed by atoms with E-state index in [1.54, 1.807) is 11.8 Å². The van der Waals surface area contributed by atoms with E-state index in [2.05, 4.69) is 67.7 Å². The minimum absolute atomic E-state index is 0.345. The van der Waals surface area contributed by atoms with Crippen LogP contribution in [0.15, 0.2) is 55.1 Å². The molecule has 2 aromatic rings. The molecule has 0 N–H and O–H groups in total. The average Bonchev–Trinajstić information content (AvgIpc) is 3.09. The third-order valence-corrected chi connectivity index (χ3v) is 8.51. The number of fused-ring (bicyclic) bond motifs is 1. The summed E-state index contributed by atoms with van der Waals surface area (Å²) in [6.07, 6.45) is 2.35. The van der Waals surface area contributed by atoms with Crippen LogP contribution in [0.25, 0.3) is 10.8 Å². The molecule has 1 aliphatic heterocycles. The number of esters is 1. The number of hydrogen-bond donors (Lipinski definition) is 0. The van der Waals surface area contributed by atoms with Gasteiger partial charge in [0.15, 0.2) is 0 Å². The Kier molecular flexibility index (Phi) is 6.79. The Hall–Kier alpha value is -1.04. The van der Waals surface area contributed by atoms with Crippen LogP contribution in [-0.4, -0.2) is 28.2 Å². The summed E-state index contributed by atoms with van der Waals surface area (Å²) in [7, 11) is 0. The first-order valence-electron chi connectivity index (χ1n) is 8.32. The maximum Gasteiger partial charge on any atom is 0.330 e. The largest absolute Gasteiger partial charge is 0.451 e. The molecule has 3 rings (SSSR count). The summed E-state index contributed by atoms with van der Waals surface area (Å²) < 4.78 is 5.57. The molecule has 2 aromatic carbocycles. The van der Waals surface area contributed by atoms with Gasteiger partial charge in [0.1, 0.15) is 5.94 Å². The van der Waals surface area contributed by atoms with Crippen molar-refractivity contribution in [2.45, 2.75) is 28.4 Å². The van der Waals surface area contributed by atoms with Crippen LogP contribution in [0.1, 0.15) is 23.5 Å². The van der Waals surface area contributed by atoms with E-state index in [0.29, 0.717) is 21.0 Å². The third-order valence-electron chi connectivity index (χ3n) is 4.11. The third kappa shape index (κ3) is 5.22. The summed E-state index contributed by atoms with van der Waals surface area (Å²) in [5, 5.41) is 3.75. The van der Waals surface area contributed by atoms with Gasteiger partial charge in [-0.15, -0.1) is 35.3 Å². The van der Waals surface area contributed by atoms with Crippen LogP contribution >= 0.6 is 35.3 Å². The predicted octanol–water partition coefficient (Wildman–Crippen LogP) is 5.89. The Morgan fingerprint density at radius 3 is 2.96 bits per heavy atom. The van der Waals surface area contributed by atoms with Crippen LogP contribution in [0.2, 0.25) is 0 Å². The Morgan fingerprint density at radius 1 is 1.36 bits per heavy atom. The average molecular weight is 391 g/mol. The van der Waals surface area contributed by atoms with E-state index in [0.717, 1.165) is 6.42 Å². The Balaban J connectivity index is 1.50. The SMILES string of the molecule is C=CC(=O)OCSC(C)CC1CSC(c2ccc3ccccc3c2)S1. The second-order valence-electron chi connectivity index (χ2n) is 6.03. The lowest BCUT2D eigenvalue weighted by molar-refractivity contribution is -0.135. The topological polar surface area (TPSA) is 26.3 Å². The molecule has 1 heterocycles. The number of thioether (sulfide) groups is 3. The van der Waals surface area contributed by atoms with Crippen molar-refractivity contribution in [3.05, 3.63) is 60.7 Å². The van der Waals surface area contributed by atoms with Gasteiger partial charge in [0, 0.05) is 22.3 Å². The van der Waals surface area contributed by atoms with Crippen molar-refractivity contribution in [2.24, 2.45) is 0 Å². The fourth-order valence-corrected chi connectivity index (χ4v) is 7.20. The molecule has 5 heteroatoms. The molecule has 1 fully saturated rings. The summed E-state index contributed by atoms with van der Waals surface area (Å²) in [6, 6.07) is 15.4. The molecule has 3 atom stereocenters. The summed E-state index contributed by atoms with van der Waals surface area (Å²) in [5.74, 6) is 1.24. The molecule has 132 valence electrons. The van der Waals surface area contributed by atoms with E-state index in [1.807, 2.05) is 11.8 Å². The predicted molar refractivity (Wildman–Crippen MR) is 113 cm³/mol. The lowest BCUT2D eigenvalue weighted by atomic mass is 10.1. The summed E-state index contributed by atoms with van der Waals surface area (Å²) in [6.45, 7) is 5.62. The highest BCUT2D eigenvalue weighted by molar-refractivity contribution is 8.19. The van der Waals surface area contributed by atoms with Gasteiger partial charge in [-0.1, -0.05) is 49.9 Å². The van der Waals surface area contributed by atoms with Gasteiger partial charge >= 0.3 is 5.97 Å². The van der Waals surface area contributed by atoms with Crippen molar-refractivity contribution in [3.63, 3.8) is 0 Å². The van der Waals surface area contributed by atoms with E-state index < -0.39 is 0 Å². The summed E-state index contributed by atoms with van der Waals surface area (Å²) in [5.41, 5.74) is 1.41. The number of benzene rings is 2. The lowest BCUT2D eigenvalue weighted by Gasteiger charge is -2.16. The van der Waals surface area contributed by atoms with Crippen molar-refractivity contribution < 1.29 is 9.53 Å². The van der Waals surface area contributed by atoms with Crippen molar-refractivity contribution in [2.75, 3.05) is 11.7 Å². The highest BCUT2D eigenvalue weighted by Crippen LogP contribution is 2.51. The highest BCUT2D eigenvalue weighted by atomic mass is 32.2. The number of hydrogen-bond acceptors (Lipinski definition) is 5. The molecule has 3 unspecified atom stereocenters. The van der Waals surface area contributed by atoms with Gasteiger partial charge in [-0.2, -0.15) is 0 Å². The molecular formula is C20H22O2S3. The van der Waals surface area contributed by atoms with Crippen LogP contribution in [0.4, 0.5) is 0 Å². The van der Waals surface area contributed by atoms with Crippen molar-refractivity contribution in [1.82, 2.24) is 0 Å². The van der Waals surface area contributed by atoms with Gasteiger partial charge < -0.3 is 4.74 Å². The quantitative estimate of drug-likeness (QED) is 0.334. The molecule has 0 amide bonds. The molecule has 0 bridgehead atoms. The van der Waals surface area contributed by atoms with Crippen LogP contribution in [-0.2, 0) is 9.53 Å². The Labute approximate surface area is 162 Å². The molecule has 0 aromatic heterocycles. The van der Waals surface area contributed by atoms with Gasteiger partial charge in [0.05, 0.1) is 4.58 Å². The number of carbonyl (C=O) groups is 1. The van der Waals surface area contributed by atoms with E-state index in [1.165, 1.54) is 28.2 Å². The molecular weight excluding hydrogens is 368 g/mol. The second-order valence-corrected chi connectivity index (χ2v) is 10.2. The molecule has 25 heavy (non-hydrogen) atoms. The van der Waals surface area contributed by atoms with Crippen molar-refractivity contribution >= 4 is 52.0 Å². The van der Waals surface area contributed by atoms with Crippen LogP contribution in [0.3, 0.4) is 0 Å². The molecule has 2 nitrogen and oxygen atoms in total. The van der Waals surface area contributed by atoms with Gasteiger partial charge in [0.25, 0.3) is 0 Å². The van der Waals surface area contributed by atoms with Crippen LogP contribution in [0, 0.1) is 0 Å². The molecule has 1 saturated heterocycles. The monoisotopic (exact) mass is 390 g/mol. The maximum atomic E-state index is 11.1. The fourth-order valence-electron chi connectivity index (χ4n) is 2.81. The van der Waals surface area contributed by atoms with Gasteiger partial charge in [-0.05, 0) is 28.8 Å². The second kappa shape index (κ2) is 9.06. The molecule has 0 radical (unpaired) electrons. The van der Waals surface area contributed by atoms with E-state index >= 15 is 0 Å². The molecule has 0 spiro atoms. The molecule has 0 saturated carbocycles. The number of carbonyl (C=O) groups excluding carboxylic acids is 1. The van der Waals surface area contributed by atoms with Crippen LogP contribution in [0.5, 0.6) is 0 Å². The zero-order valence-corrected chi connectivity index (χ0v) is 16.7. The summed E-state index contributed by atoms with van der Waals surface area (Å²) >= 11 is 5.80. The lowest BCUT2D eigenvalue weighted by Crippen LogP contribution is -2.11. The first-order valence-corrected chi connectivity index (χ1v) is 11.4. The zero-order valence-electron chi connectivity index (χ0n) is 14.2. The first-order chi connectivity index (χ1) is 12.2. The van der Waals surface area contributed by atoms with E-state index in [9.17, 15) is 4.79 Å². The minimum Gasteiger partial charge on any atom is -0.451 e. The van der Waals surface area contributed by atoms with Gasteiger partial charge in [0.2, 0.25) is 0 Å². The minimum atomic E-state index is -0.345. The standard InChI is InChI=1S/C20H22O2S3/c1-3-19(21)22-13-24-14(2)10-18-12-23-20(25-18)17-9-8-15-6-4-5-7-16(15)11-17/h3-9,11,14,18,20H,1,10,12-13H2,2H3. The Morgan fingerprint density at radius 2 is 2.16 bits per heavy atom. The van der Waals surface area contributed by atoms with Crippen LogP contribution < -0.4 is 0 Å². The smallest absolute Gasteiger partial charge is 0.330 e. The molecule has 1 aliphatic rings. The zero-order chi connectivity index (χ0) is 17.6. The van der Waals surface area contributed by atoms with Gasteiger partial charge in [-0.25, -0.2) is 4.79 Å². The number of ether oxygens (including phenoxy) is 1. The Bertz CT molecular complexity index is 747. The van der Waals surface area contributed by atoms with Gasteiger partial charge in [-0.3, -0.25) is 0 Å². The highest BCUT2D eigenvalue weighted by Gasteiger charge is 2.28. The fraction of sp³-hybridized carbons (Fsp3) is 0.350. The normalized spacial score (nSPS) is 21.2. The van der Waals surface area contributed by atoms with Crippen molar-refractivity contribution in [3.8, 4) is 0 Å². The first kappa shape index (κ1) is 18.7. The van der Waals surface area contributed by atoms with Crippen molar-refractivity contribution in [1.29, 1.82) is 0 Å². The number of rotatable bonds is 7. The van der Waals surface area contributed by atoms with E-state index in [4.69, 9.17) is 4.74 Å². The summed E-state index contributed by atoms with van der Waals surface area (Å²) in [4.78, 5) is 11.1. The molecule has 0 aliphatic carbocycles.